The normalized spacial score (nSPS) is 13.2. The summed E-state index contributed by atoms with van der Waals surface area (Å²) >= 11 is 0. The molecule has 2 heterocycles. The summed E-state index contributed by atoms with van der Waals surface area (Å²) in [7, 11) is 0. The van der Waals surface area contributed by atoms with Gasteiger partial charge in [0.25, 0.3) is 5.91 Å². The molecule has 0 saturated carbocycles. The van der Waals surface area contributed by atoms with Crippen LogP contribution in [0.15, 0.2) is 66.9 Å². The highest BCUT2D eigenvalue weighted by atomic mass is 16.5. The molecule has 7 nitrogen and oxygen atoms in total. The van der Waals surface area contributed by atoms with Gasteiger partial charge >= 0.3 is 0 Å². The molecule has 0 saturated heterocycles. The maximum Gasteiger partial charge on any atom is 0.255 e. The second-order valence-electron chi connectivity index (χ2n) is 8.79. The smallest absolute Gasteiger partial charge is 0.255 e. The zero-order valence-corrected chi connectivity index (χ0v) is 19.4. The first-order chi connectivity index (χ1) is 17.0. The molecule has 1 aliphatic rings. The average Bonchev–Trinajstić information content (AvgIpc) is 3.50. The standard InChI is InChI=1S/C28H27N3O4/c1-17(33)30-22-8-6-18(7-9-22)20-12-19-10-11-35-27(19)25(14-20)28(34)31-23(16-32)13-21-15-29-26-5-3-2-4-24(21)26/h2-9,12,14-15,23,29,32H,10-11,13,16H2,1H3,(H,30,33)(H,31,34)/t23-/m1/s1. The fourth-order valence-electron chi connectivity index (χ4n) is 4.58. The van der Waals surface area contributed by atoms with Gasteiger partial charge in [0, 0.05) is 36.1 Å². The van der Waals surface area contributed by atoms with E-state index in [1.807, 2.05) is 66.9 Å². The lowest BCUT2D eigenvalue weighted by atomic mass is 9.97. The van der Waals surface area contributed by atoms with Crippen LogP contribution in [0.3, 0.4) is 0 Å². The Kier molecular flexibility index (Phi) is 6.25. The van der Waals surface area contributed by atoms with Gasteiger partial charge in [0.2, 0.25) is 5.91 Å². The van der Waals surface area contributed by atoms with Crippen molar-refractivity contribution in [2.75, 3.05) is 18.5 Å². The number of hydrogen-bond donors (Lipinski definition) is 4. The van der Waals surface area contributed by atoms with E-state index in [9.17, 15) is 14.7 Å². The summed E-state index contributed by atoms with van der Waals surface area (Å²) in [6.07, 6.45) is 3.15. The minimum Gasteiger partial charge on any atom is -0.492 e. The van der Waals surface area contributed by atoms with Crippen molar-refractivity contribution in [1.29, 1.82) is 0 Å². The molecule has 4 aromatic rings. The molecule has 0 unspecified atom stereocenters. The number of hydrogen-bond acceptors (Lipinski definition) is 4. The Balaban J connectivity index is 1.39. The number of fused-ring (bicyclic) bond motifs is 2. The van der Waals surface area contributed by atoms with Crippen LogP contribution in [0.2, 0.25) is 0 Å². The van der Waals surface area contributed by atoms with E-state index in [1.165, 1.54) is 6.92 Å². The lowest BCUT2D eigenvalue weighted by molar-refractivity contribution is -0.114. The van der Waals surface area contributed by atoms with Crippen LogP contribution in [0.25, 0.3) is 22.0 Å². The Labute approximate surface area is 203 Å². The first-order valence-electron chi connectivity index (χ1n) is 11.7. The Hall–Kier alpha value is -4.10. The van der Waals surface area contributed by atoms with Crippen molar-refractivity contribution in [3.8, 4) is 16.9 Å². The molecule has 3 aromatic carbocycles. The summed E-state index contributed by atoms with van der Waals surface area (Å²) in [5.41, 5.74) is 6.04. The highest BCUT2D eigenvalue weighted by Gasteiger charge is 2.24. The largest absolute Gasteiger partial charge is 0.492 e. The number of para-hydroxylation sites is 1. The molecule has 178 valence electrons. The number of aromatic amines is 1. The first kappa shape index (κ1) is 22.7. The maximum atomic E-state index is 13.4. The molecule has 1 aliphatic heterocycles. The molecule has 7 heteroatoms. The maximum absolute atomic E-state index is 13.4. The molecule has 2 amide bonds. The molecule has 1 aromatic heterocycles. The van der Waals surface area contributed by atoms with Crippen molar-refractivity contribution >= 4 is 28.4 Å². The second-order valence-corrected chi connectivity index (χ2v) is 8.79. The monoisotopic (exact) mass is 469 g/mol. The predicted octanol–water partition coefficient (Wildman–Crippen LogP) is 4.06. The van der Waals surface area contributed by atoms with Gasteiger partial charge in [-0.25, -0.2) is 0 Å². The summed E-state index contributed by atoms with van der Waals surface area (Å²) in [6, 6.07) is 18.9. The van der Waals surface area contributed by atoms with Crippen LogP contribution >= 0.6 is 0 Å². The average molecular weight is 470 g/mol. The van der Waals surface area contributed by atoms with Crippen molar-refractivity contribution in [1.82, 2.24) is 10.3 Å². The topological polar surface area (TPSA) is 103 Å². The molecular formula is C28H27N3O4. The summed E-state index contributed by atoms with van der Waals surface area (Å²) in [5, 5.41) is 16.9. The zero-order chi connectivity index (χ0) is 24.4. The molecule has 0 radical (unpaired) electrons. The highest BCUT2D eigenvalue weighted by Crippen LogP contribution is 2.35. The minimum atomic E-state index is -0.445. The Bertz CT molecular complexity index is 1390. The SMILES string of the molecule is CC(=O)Nc1ccc(-c2cc3c(c(C(=O)N[C@@H](CO)Cc4c[nH]c5ccccc45)c2)OCC3)cc1. The van der Waals surface area contributed by atoms with Crippen molar-refractivity contribution in [3.05, 3.63) is 83.6 Å². The number of nitrogens with one attached hydrogen (secondary N) is 3. The van der Waals surface area contributed by atoms with Crippen molar-refractivity contribution < 1.29 is 19.4 Å². The zero-order valence-electron chi connectivity index (χ0n) is 19.4. The van der Waals surface area contributed by atoms with Gasteiger partial charge in [0.15, 0.2) is 0 Å². The Morgan fingerprint density at radius 1 is 1.09 bits per heavy atom. The second kappa shape index (κ2) is 9.64. The lowest BCUT2D eigenvalue weighted by Gasteiger charge is -2.18. The third-order valence-electron chi connectivity index (χ3n) is 6.26. The predicted molar refractivity (Wildman–Crippen MR) is 136 cm³/mol. The fourth-order valence-corrected chi connectivity index (χ4v) is 4.58. The van der Waals surface area contributed by atoms with Gasteiger partial charge < -0.3 is 25.5 Å². The number of carbonyl (C=O) groups is 2. The summed E-state index contributed by atoms with van der Waals surface area (Å²) in [4.78, 5) is 27.9. The number of ether oxygens (including phenoxy) is 1. The van der Waals surface area contributed by atoms with Crippen molar-refractivity contribution in [2.24, 2.45) is 0 Å². The van der Waals surface area contributed by atoms with Gasteiger partial charge in [0.1, 0.15) is 5.75 Å². The number of rotatable bonds is 7. The molecule has 35 heavy (non-hydrogen) atoms. The van der Waals surface area contributed by atoms with E-state index in [0.717, 1.165) is 39.6 Å². The van der Waals surface area contributed by atoms with E-state index in [2.05, 4.69) is 15.6 Å². The number of benzene rings is 3. The molecule has 0 fully saturated rings. The Morgan fingerprint density at radius 2 is 1.89 bits per heavy atom. The van der Waals surface area contributed by atoms with Crippen molar-refractivity contribution in [3.63, 3.8) is 0 Å². The molecule has 0 bridgehead atoms. The van der Waals surface area contributed by atoms with Gasteiger partial charge in [0.05, 0.1) is 24.8 Å². The fraction of sp³-hybridized carbons (Fsp3) is 0.214. The molecule has 0 spiro atoms. The third kappa shape index (κ3) is 4.76. The summed E-state index contributed by atoms with van der Waals surface area (Å²) in [6.45, 7) is 1.81. The van der Waals surface area contributed by atoms with Crippen LogP contribution in [-0.2, 0) is 17.6 Å². The minimum absolute atomic E-state index is 0.127. The van der Waals surface area contributed by atoms with Crippen molar-refractivity contribution in [2.45, 2.75) is 25.8 Å². The van der Waals surface area contributed by atoms with E-state index in [0.29, 0.717) is 30.0 Å². The van der Waals surface area contributed by atoms with Crippen LogP contribution in [0, 0.1) is 0 Å². The van der Waals surface area contributed by atoms with Gasteiger partial charge in [-0.15, -0.1) is 0 Å². The number of aliphatic hydroxyl groups excluding tert-OH is 1. The summed E-state index contributed by atoms with van der Waals surface area (Å²) < 4.78 is 5.81. The molecular weight excluding hydrogens is 442 g/mol. The third-order valence-corrected chi connectivity index (χ3v) is 6.26. The van der Waals surface area contributed by atoms with E-state index < -0.39 is 6.04 Å². The van der Waals surface area contributed by atoms with Gasteiger partial charge in [-0.3, -0.25) is 9.59 Å². The van der Waals surface area contributed by atoms with Crippen LogP contribution in [0.1, 0.15) is 28.4 Å². The number of aliphatic hydroxyl groups is 1. The molecule has 1 atom stereocenters. The van der Waals surface area contributed by atoms with Crippen LogP contribution in [-0.4, -0.2) is 41.2 Å². The number of H-pyrrole nitrogens is 1. The number of aromatic nitrogens is 1. The number of carbonyl (C=O) groups excluding carboxylic acids is 2. The van der Waals surface area contributed by atoms with Crippen LogP contribution < -0.4 is 15.4 Å². The number of amides is 2. The summed E-state index contributed by atoms with van der Waals surface area (Å²) in [5.74, 6) is 0.195. The van der Waals surface area contributed by atoms with Crippen LogP contribution in [0.4, 0.5) is 5.69 Å². The Morgan fingerprint density at radius 3 is 2.66 bits per heavy atom. The molecule has 4 N–H and O–H groups in total. The quantitative estimate of drug-likeness (QED) is 0.328. The first-order valence-corrected chi connectivity index (χ1v) is 11.7. The highest BCUT2D eigenvalue weighted by molar-refractivity contribution is 5.99. The van der Waals surface area contributed by atoms with Gasteiger partial charge in [-0.05, 0) is 59.0 Å². The van der Waals surface area contributed by atoms with E-state index in [1.54, 1.807) is 0 Å². The van der Waals surface area contributed by atoms with E-state index in [-0.39, 0.29) is 18.4 Å². The molecule has 5 rings (SSSR count). The molecule has 0 aliphatic carbocycles. The van der Waals surface area contributed by atoms with Crippen LogP contribution in [0.5, 0.6) is 5.75 Å². The lowest BCUT2D eigenvalue weighted by Crippen LogP contribution is -2.39. The van der Waals surface area contributed by atoms with Gasteiger partial charge in [-0.1, -0.05) is 30.3 Å². The number of anilines is 1. The van der Waals surface area contributed by atoms with E-state index in [4.69, 9.17) is 4.74 Å². The van der Waals surface area contributed by atoms with E-state index >= 15 is 0 Å². The van der Waals surface area contributed by atoms with Gasteiger partial charge in [-0.2, -0.15) is 0 Å².